The number of rotatable bonds is 4. The average Bonchev–Trinajstić information content (AvgIpc) is 3.41. The highest BCUT2D eigenvalue weighted by Crippen LogP contribution is 2.44. The number of hydrogen-bond donors (Lipinski definition) is 0. The fraction of sp³-hybridized carbons (Fsp3) is 0.250. The Morgan fingerprint density at radius 2 is 1.49 bits per heavy atom. The lowest BCUT2D eigenvalue weighted by Gasteiger charge is -2.34. The molecule has 0 atom stereocenters. The highest BCUT2D eigenvalue weighted by molar-refractivity contribution is 6.14. The summed E-state index contributed by atoms with van der Waals surface area (Å²) in [6.45, 7) is 6.74. The van der Waals surface area contributed by atoms with Gasteiger partial charge in [0.15, 0.2) is 6.20 Å². The van der Waals surface area contributed by atoms with Gasteiger partial charge in [0.2, 0.25) is 5.69 Å². The number of hydrogen-bond acceptors (Lipinski definition) is 2. The third-order valence-electron chi connectivity index (χ3n) is 9.44. The van der Waals surface area contributed by atoms with E-state index in [0.717, 1.165) is 86.7 Å². The maximum Gasteiger partial charge on any atom is 0.216 e. The Morgan fingerprint density at radius 3 is 2.19 bits per heavy atom. The van der Waals surface area contributed by atoms with Gasteiger partial charge in [0, 0.05) is 29.8 Å². The number of aromatic nitrogens is 1. The van der Waals surface area contributed by atoms with Crippen molar-refractivity contribution in [1.29, 1.82) is 5.26 Å². The van der Waals surface area contributed by atoms with E-state index < -0.39 is 5.89 Å². The van der Waals surface area contributed by atoms with Crippen LogP contribution < -0.4 is 4.57 Å². The molecule has 1 saturated carbocycles. The zero-order valence-electron chi connectivity index (χ0n) is 26.4. The molecule has 6 aromatic rings. The van der Waals surface area contributed by atoms with Gasteiger partial charge in [-0.1, -0.05) is 80.6 Å². The molecule has 1 aliphatic carbocycles. The first-order valence-electron chi connectivity index (χ1n) is 15.7. The van der Waals surface area contributed by atoms with E-state index in [-0.39, 0.29) is 0 Å². The molecule has 2 aromatic heterocycles. The van der Waals surface area contributed by atoms with Gasteiger partial charge in [0.1, 0.15) is 18.2 Å². The molecule has 1 aliphatic rings. The van der Waals surface area contributed by atoms with Crippen LogP contribution in [0.5, 0.6) is 0 Å². The second kappa shape index (κ2) is 10.5. The van der Waals surface area contributed by atoms with Crippen molar-refractivity contribution >= 4 is 21.9 Å². The van der Waals surface area contributed by atoms with E-state index in [1.807, 2.05) is 18.2 Å². The molecule has 2 heterocycles. The summed E-state index contributed by atoms with van der Waals surface area (Å²) >= 11 is 0. The van der Waals surface area contributed by atoms with Crippen molar-refractivity contribution in [1.82, 2.24) is 0 Å². The quantitative estimate of drug-likeness (QED) is 0.201. The SMILES string of the molecule is [2H]C1(c2ccc(-c3c(C#N)ccc4c3oc3c(-c5cc(-c6ccccc6)cc[n+]5C)c(C)ccc34)cc2)CCC(C)(C)CC1. The maximum absolute atomic E-state index is 10.2. The van der Waals surface area contributed by atoms with Crippen LogP contribution in [0.15, 0.2) is 102 Å². The first kappa shape index (κ1) is 26.0. The van der Waals surface area contributed by atoms with E-state index in [4.69, 9.17) is 4.42 Å². The van der Waals surface area contributed by atoms with Crippen LogP contribution >= 0.6 is 0 Å². The summed E-state index contributed by atoms with van der Waals surface area (Å²) in [5.74, 6) is -0.562. The Labute approximate surface area is 255 Å². The van der Waals surface area contributed by atoms with Crippen LogP contribution in [0.25, 0.3) is 55.4 Å². The Balaban J connectivity index is 1.38. The van der Waals surface area contributed by atoms with Gasteiger partial charge in [0.05, 0.1) is 17.2 Å². The van der Waals surface area contributed by atoms with Crippen LogP contribution in [0.3, 0.4) is 0 Å². The third kappa shape index (κ3) is 4.82. The van der Waals surface area contributed by atoms with Crippen molar-refractivity contribution in [3.8, 4) is 39.6 Å². The summed E-state index contributed by atoms with van der Waals surface area (Å²) in [6.07, 6.45) is 5.96. The van der Waals surface area contributed by atoms with Crippen molar-refractivity contribution in [2.75, 3.05) is 0 Å². The minimum atomic E-state index is -0.562. The summed E-state index contributed by atoms with van der Waals surface area (Å²) in [5, 5.41) is 12.2. The summed E-state index contributed by atoms with van der Waals surface area (Å²) in [4.78, 5) is 0. The molecule has 4 aromatic carbocycles. The Hall–Kier alpha value is -4.68. The molecule has 0 spiro atoms. The Morgan fingerprint density at radius 1 is 0.814 bits per heavy atom. The van der Waals surface area contributed by atoms with Crippen molar-refractivity contribution < 1.29 is 10.4 Å². The van der Waals surface area contributed by atoms with Crippen molar-refractivity contribution in [3.05, 3.63) is 114 Å². The fourth-order valence-electron chi connectivity index (χ4n) is 6.72. The topological polar surface area (TPSA) is 40.8 Å². The standard InChI is InChI=1S/C40H37N2O/c1-26-10-16-33-34-17-15-32(25-41)37(30-13-11-28(12-14-30)29-18-21-40(2,3)22-19-29)39(34)43-38(33)36(26)35-24-31(20-23-42(35)4)27-8-6-5-7-9-27/h5-17,20,23-24,29H,18-19,21-22H2,1-4H3/q+1/i29D. The number of nitriles is 1. The molecule has 3 heteroatoms. The minimum Gasteiger partial charge on any atom is -0.454 e. The second-order valence-electron chi connectivity index (χ2n) is 12.8. The summed E-state index contributed by atoms with van der Waals surface area (Å²) in [6, 6.07) is 33.8. The van der Waals surface area contributed by atoms with Gasteiger partial charge in [-0.3, -0.25) is 0 Å². The molecule has 0 radical (unpaired) electrons. The molecule has 0 N–H and O–H groups in total. The van der Waals surface area contributed by atoms with Crippen LogP contribution in [0.2, 0.25) is 0 Å². The zero-order chi connectivity index (χ0) is 30.6. The van der Waals surface area contributed by atoms with Crippen LogP contribution in [0.1, 0.15) is 63.5 Å². The molecule has 0 bridgehead atoms. The van der Waals surface area contributed by atoms with Gasteiger partial charge in [-0.05, 0) is 83.9 Å². The first-order valence-corrected chi connectivity index (χ1v) is 15.2. The number of benzene rings is 4. The highest BCUT2D eigenvalue weighted by Gasteiger charge is 2.28. The van der Waals surface area contributed by atoms with Crippen LogP contribution in [-0.4, -0.2) is 0 Å². The molecule has 0 saturated heterocycles. The van der Waals surface area contributed by atoms with Gasteiger partial charge in [-0.25, -0.2) is 4.57 Å². The zero-order valence-corrected chi connectivity index (χ0v) is 25.4. The number of furan rings is 1. The summed E-state index contributed by atoms with van der Waals surface area (Å²) in [7, 11) is 2.07. The van der Waals surface area contributed by atoms with E-state index >= 15 is 0 Å². The molecule has 0 unspecified atom stereocenters. The lowest BCUT2D eigenvalue weighted by Crippen LogP contribution is -2.30. The predicted molar refractivity (Wildman–Crippen MR) is 176 cm³/mol. The maximum atomic E-state index is 10.2. The highest BCUT2D eigenvalue weighted by atomic mass is 16.3. The summed E-state index contributed by atoms with van der Waals surface area (Å²) in [5.41, 5.74) is 10.8. The Kier molecular flexibility index (Phi) is 6.37. The van der Waals surface area contributed by atoms with Gasteiger partial charge in [-0.2, -0.15) is 5.26 Å². The van der Waals surface area contributed by atoms with Crippen LogP contribution in [0, 0.1) is 23.7 Å². The number of nitrogens with zero attached hydrogens (tertiary/aromatic N) is 2. The Bertz CT molecular complexity index is 2070. The number of pyridine rings is 1. The van der Waals surface area contributed by atoms with Crippen LogP contribution in [0.4, 0.5) is 0 Å². The fourth-order valence-corrected chi connectivity index (χ4v) is 6.72. The minimum absolute atomic E-state index is 0.306. The van der Waals surface area contributed by atoms with E-state index in [1.54, 1.807) is 0 Å². The predicted octanol–water partition coefficient (Wildman–Crippen LogP) is 10.3. The third-order valence-corrected chi connectivity index (χ3v) is 9.44. The van der Waals surface area contributed by atoms with Gasteiger partial charge < -0.3 is 4.42 Å². The lowest BCUT2D eigenvalue weighted by molar-refractivity contribution is -0.660. The van der Waals surface area contributed by atoms with E-state index in [2.05, 4.69) is 117 Å². The van der Waals surface area contributed by atoms with Gasteiger partial charge >= 0.3 is 0 Å². The molecule has 7 rings (SSSR count). The van der Waals surface area contributed by atoms with Crippen LogP contribution in [-0.2, 0) is 7.05 Å². The molecule has 1 fully saturated rings. The largest absolute Gasteiger partial charge is 0.454 e. The van der Waals surface area contributed by atoms with E-state index in [9.17, 15) is 6.63 Å². The van der Waals surface area contributed by atoms with Gasteiger partial charge in [-0.15, -0.1) is 0 Å². The number of aryl methyl sites for hydroxylation is 2. The molecular formula is C40H37N2O+. The molecular weight excluding hydrogens is 524 g/mol. The smallest absolute Gasteiger partial charge is 0.216 e. The molecule has 212 valence electrons. The summed E-state index contributed by atoms with van der Waals surface area (Å²) < 4.78 is 18.2. The molecule has 0 aliphatic heterocycles. The van der Waals surface area contributed by atoms with Gasteiger partial charge in [0.25, 0.3) is 0 Å². The monoisotopic (exact) mass is 562 g/mol. The second-order valence-corrected chi connectivity index (χ2v) is 12.8. The van der Waals surface area contributed by atoms with Crippen molar-refractivity contribution in [2.45, 2.75) is 52.3 Å². The normalized spacial score (nSPS) is 16.2. The van der Waals surface area contributed by atoms with E-state index in [0.29, 0.717) is 11.0 Å². The molecule has 3 nitrogen and oxygen atoms in total. The number of fused-ring (bicyclic) bond motifs is 3. The first-order chi connectivity index (χ1) is 21.2. The van der Waals surface area contributed by atoms with Crippen molar-refractivity contribution in [2.24, 2.45) is 12.5 Å². The average molecular weight is 563 g/mol. The molecule has 0 amide bonds. The molecule has 43 heavy (non-hydrogen) atoms. The van der Waals surface area contributed by atoms with E-state index in [1.165, 1.54) is 5.56 Å². The lowest BCUT2D eigenvalue weighted by atomic mass is 9.71. The van der Waals surface area contributed by atoms with Crippen molar-refractivity contribution in [3.63, 3.8) is 0 Å².